The van der Waals surface area contributed by atoms with Crippen molar-refractivity contribution in [3.8, 4) is 0 Å². The summed E-state index contributed by atoms with van der Waals surface area (Å²) in [6.07, 6.45) is 5.86. The van der Waals surface area contributed by atoms with E-state index < -0.39 is 0 Å². The quantitative estimate of drug-likeness (QED) is 0.476. The topological polar surface area (TPSA) is 102 Å². The van der Waals surface area contributed by atoms with Crippen LogP contribution >= 0.6 is 27.5 Å². The van der Waals surface area contributed by atoms with Crippen LogP contribution in [0.3, 0.4) is 0 Å². The van der Waals surface area contributed by atoms with Crippen molar-refractivity contribution >= 4 is 50.9 Å². The first-order chi connectivity index (χ1) is 9.91. The van der Waals surface area contributed by atoms with Crippen molar-refractivity contribution in [1.29, 1.82) is 0 Å². The van der Waals surface area contributed by atoms with Crippen LogP contribution in [0.4, 0.5) is 0 Å². The van der Waals surface area contributed by atoms with Gasteiger partial charge in [0.05, 0.1) is 5.33 Å². The molecule has 6 nitrogen and oxygen atoms in total. The maximum atomic E-state index is 10.5. The van der Waals surface area contributed by atoms with E-state index >= 15 is 0 Å². The molecule has 0 aliphatic heterocycles. The summed E-state index contributed by atoms with van der Waals surface area (Å²) in [5.74, 6) is 0.312. The average molecular weight is 404 g/mol. The molecular weight excluding hydrogens is 380 g/mol. The molecule has 0 amide bonds. The Morgan fingerprint density at radius 3 is 1.41 bits per heavy atom. The van der Waals surface area contributed by atoms with Crippen molar-refractivity contribution in [3.05, 3.63) is 0 Å². The number of rotatable bonds is 7. The number of hydrogen-bond acceptors (Lipinski definition) is 6. The van der Waals surface area contributed by atoms with Gasteiger partial charge in [-0.1, -0.05) is 50.0 Å². The van der Waals surface area contributed by atoms with Gasteiger partial charge in [0.1, 0.15) is 5.78 Å². The Kier molecular flexibility index (Phi) is 54.7. The lowest BCUT2D eigenvalue weighted by Gasteiger charge is -1.90. The minimum Gasteiger partial charge on any atom is -0.299 e. The summed E-state index contributed by atoms with van der Waals surface area (Å²) < 4.78 is 0. The standard InChI is InChI=1S/C6H11BrO.C5H9ClO.2CO2.CH4/c1-2-3-4-6(8)5-7;1-2-3-4-5(6)7;2*2-1-3;/h2-5H2,1H3;2-4H2,1H3;;;1H4. The molecule has 8 heteroatoms. The van der Waals surface area contributed by atoms with Gasteiger partial charge in [-0.2, -0.15) is 19.2 Å². The van der Waals surface area contributed by atoms with Crippen LogP contribution in [-0.2, 0) is 28.8 Å². The van der Waals surface area contributed by atoms with Gasteiger partial charge in [0.2, 0.25) is 5.24 Å². The Balaban J connectivity index is -0.0000000629. The molecule has 0 aliphatic rings. The van der Waals surface area contributed by atoms with E-state index in [9.17, 15) is 9.59 Å². The zero-order valence-corrected chi connectivity index (χ0v) is 14.5. The number of Topliss-reactive ketones (excluding diaryl/α,β-unsaturated/α-hetero) is 1. The van der Waals surface area contributed by atoms with E-state index in [1.165, 1.54) is 0 Å². The summed E-state index contributed by atoms with van der Waals surface area (Å²) >= 11 is 8.11. The maximum absolute atomic E-state index is 10.5. The maximum Gasteiger partial charge on any atom is 0.373 e. The lowest BCUT2D eigenvalue weighted by molar-refractivity contribution is -0.193. The monoisotopic (exact) mass is 402 g/mol. The SMILES string of the molecule is C.CCCCC(=O)CBr.CCCCC(=O)Cl.O=C=O.O=C=O. The fraction of sp³-hybridized carbons (Fsp3) is 0.714. The van der Waals surface area contributed by atoms with Gasteiger partial charge in [-0.15, -0.1) is 0 Å². The van der Waals surface area contributed by atoms with E-state index in [0.717, 1.165) is 32.1 Å². The first kappa shape index (κ1) is 32.7. The van der Waals surface area contributed by atoms with E-state index in [4.69, 9.17) is 30.8 Å². The third-order valence-electron chi connectivity index (χ3n) is 1.69. The Bertz CT molecular complexity index is 296. The predicted octanol–water partition coefficient (Wildman–Crippen LogP) is 3.55. The second-order valence-electron chi connectivity index (χ2n) is 3.40. The smallest absolute Gasteiger partial charge is 0.299 e. The number of halogens is 2. The second-order valence-corrected chi connectivity index (χ2v) is 4.38. The molecule has 130 valence electrons. The molecule has 0 spiro atoms. The number of ketones is 1. The van der Waals surface area contributed by atoms with Crippen molar-refractivity contribution in [3.63, 3.8) is 0 Å². The summed E-state index contributed by atoms with van der Waals surface area (Å²) in [4.78, 5) is 53.0. The molecule has 0 saturated carbocycles. The molecule has 0 heterocycles. The van der Waals surface area contributed by atoms with Gasteiger partial charge >= 0.3 is 12.3 Å². The molecule has 0 rings (SSSR count). The van der Waals surface area contributed by atoms with Crippen molar-refractivity contribution in [1.82, 2.24) is 0 Å². The highest BCUT2D eigenvalue weighted by molar-refractivity contribution is 9.09. The molecule has 0 atom stereocenters. The molecule has 0 unspecified atom stereocenters. The van der Waals surface area contributed by atoms with Crippen LogP contribution in [0, 0.1) is 0 Å². The molecule has 0 bridgehead atoms. The number of carbonyl (C=O) groups excluding carboxylic acids is 6. The van der Waals surface area contributed by atoms with Gasteiger partial charge in [0.15, 0.2) is 0 Å². The van der Waals surface area contributed by atoms with Crippen LogP contribution in [0.15, 0.2) is 0 Å². The lowest BCUT2D eigenvalue weighted by Crippen LogP contribution is -1.96. The van der Waals surface area contributed by atoms with E-state index in [2.05, 4.69) is 22.9 Å². The highest BCUT2D eigenvalue weighted by Gasteiger charge is 1.94. The normalized spacial score (nSPS) is 6.91. The zero-order valence-electron chi connectivity index (χ0n) is 12.2. The first-order valence-corrected chi connectivity index (χ1v) is 7.66. The fourth-order valence-corrected chi connectivity index (χ4v) is 1.17. The van der Waals surface area contributed by atoms with Crippen LogP contribution in [0.5, 0.6) is 0 Å². The lowest BCUT2D eigenvalue weighted by atomic mass is 10.2. The Hall–Kier alpha value is -1.13. The minimum atomic E-state index is -0.221. The molecule has 0 aromatic heterocycles. The molecule has 0 fully saturated rings. The highest BCUT2D eigenvalue weighted by Crippen LogP contribution is 1.97. The van der Waals surface area contributed by atoms with Crippen LogP contribution in [0.25, 0.3) is 0 Å². The van der Waals surface area contributed by atoms with Gasteiger partial charge in [0, 0.05) is 12.8 Å². The summed E-state index contributed by atoms with van der Waals surface area (Å²) in [6, 6.07) is 0. The number of hydrogen-bond donors (Lipinski definition) is 0. The first-order valence-electron chi connectivity index (χ1n) is 6.16. The molecule has 0 aliphatic carbocycles. The zero-order chi connectivity index (χ0) is 17.5. The predicted molar refractivity (Wildman–Crippen MR) is 85.5 cm³/mol. The van der Waals surface area contributed by atoms with Gasteiger partial charge in [-0.25, -0.2) is 0 Å². The number of unbranched alkanes of at least 4 members (excludes halogenated alkanes) is 2. The molecular formula is C14H24BrClO6. The van der Waals surface area contributed by atoms with Crippen molar-refractivity contribution in [2.45, 2.75) is 59.8 Å². The van der Waals surface area contributed by atoms with Gasteiger partial charge in [-0.05, 0) is 24.4 Å². The van der Waals surface area contributed by atoms with Gasteiger partial charge in [0.25, 0.3) is 0 Å². The Morgan fingerprint density at radius 1 is 0.909 bits per heavy atom. The van der Waals surface area contributed by atoms with E-state index in [0.29, 0.717) is 17.5 Å². The molecule has 0 N–H and O–H groups in total. The van der Waals surface area contributed by atoms with E-state index in [1.807, 2.05) is 6.92 Å². The minimum absolute atomic E-state index is 0. The second kappa shape index (κ2) is 36.8. The average Bonchev–Trinajstić information content (AvgIpc) is 2.44. The fourth-order valence-electron chi connectivity index (χ4n) is 0.757. The van der Waals surface area contributed by atoms with Crippen LogP contribution < -0.4 is 0 Å². The summed E-state index contributed by atoms with van der Waals surface area (Å²) in [6.45, 7) is 4.11. The molecule has 22 heavy (non-hydrogen) atoms. The highest BCUT2D eigenvalue weighted by atomic mass is 79.9. The van der Waals surface area contributed by atoms with Crippen molar-refractivity contribution in [2.24, 2.45) is 0 Å². The van der Waals surface area contributed by atoms with E-state index in [-0.39, 0.29) is 25.0 Å². The molecule has 0 radical (unpaired) electrons. The number of alkyl halides is 1. The molecule has 0 aromatic carbocycles. The Labute approximate surface area is 145 Å². The van der Waals surface area contributed by atoms with Crippen LogP contribution in [-0.4, -0.2) is 28.7 Å². The summed E-state index contributed by atoms with van der Waals surface area (Å²) in [7, 11) is 0. The summed E-state index contributed by atoms with van der Waals surface area (Å²) in [5.41, 5.74) is 0. The van der Waals surface area contributed by atoms with E-state index in [1.54, 1.807) is 0 Å². The Morgan fingerprint density at radius 2 is 1.23 bits per heavy atom. The van der Waals surface area contributed by atoms with Crippen molar-refractivity contribution < 1.29 is 28.8 Å². The summed E-state index contributed by atoms with van der Waals surface area (Å²) in [5, 5.41) is 0.300. The van der Waals surface area contributed by atoms with Crippen LogP contribution in [0.2, 0.25) is 0 Å². The third kappa shape index (κ3) is 76.6. The van der Waals surface area contributed by atoms with Gasteiger partial charge in [-0.3, -0.25) is 9.59 Å². The largest absolute Gasteiger partial charge is 0.373 e. The number of carbonyl (C=O) groups is 2. The third-order valence-corrected chi connectivity index (χ3v) is 2.50. The van der Waals surface area contributed by atoms with Crippen molar-refractivity contribution in [2.75, 3.05) is 5.33 Å². The molecule has 0 aromatic rings. The van der Waals surface area contributed by atoms with Gasteiger partial charge < -0.3 is 0 Å². The van der Waals surface area contributed by atoms with Crippen LogP contribution in [0.1, 0.15) is 59.8 Å². The molecule has 0 saturated heterocycles.